The molecule has 0 unspecified atom stereocenters. The summed E-state index contributed by atoms with van der Waals surface area (Å²) < 4.78 is 0. The van der Waals surface area contributed by atoms with E-state index in [1.54, 1.807) is 0 Å². The summed E-state index contributed by atoms with van der Waals surface area (Å²) in [5.41, 5.74) is 2.91. The zero-order valence-corrected chi connectivity index (χ0v) is 15.4. The fourth-order valence-electron chi connectivity index (χ4n) is 4.60. The van der Waals surface area contributed by atoms with Crippen LogP contribution in [0.5, 0.6) is 0 Å². The molecule has 0 saturated heterocycles. The molecule has 2 aliphatic rings. The van der Waals surface area contributed by atoms with E-state index in [0.29, 0.717) is 0 Å². The minimum absolute atomic E-state index is 0.756. The first kappa shape index (κ1) is 17.5. The van der Waals surface area contributed by atoms with E-state index < -0.39 is 0 Å². The molecule has 0 N–H and O–H groups in total. The lowest BCUT2D eigenvalue weighted by atomic mass is 9.78. The van der Waals surface area contributed by atoms with Crippen LogP contribution in [0.25, 0.3) is 6.08 Å². The second-order valence-corrected chi connectivity index (χ2v) is 8.06. The Hall–Kier alpha value is -1.30. The molecule has 0 amide bonds. The van der Waals surface area contributed by atoms with Crippen LogP contribution in [-0.2, 0) is 0 Å². The van der Waals surface area contributed by atoms with Crippen molar-refractivity contribution in [3.8, 4) is 0 Å². The van der Waals surface area contributed by atoms with E-state index in [0.717, 1.165) is 23.7 Å². The maximum Gasteiger partial charge on any atom is -0.0162 e. The second-order valence-electron chi connectivity index (χ2n) is 8.06. The van der Waals surface area contributed by atoms with Crippen LogP contribution in [0.15, 0.2) is 43.0 Å². The van der Waals surface area contributed by atoms with Crippen molar-refractivity contribution in [1.29, 1.82) is 0 Å². The van der Waals surface area contributed by atoms with Crippen LogP contribution in [0.3, 0.4) is 0 Å². The Balaban J connectivity index is 1.51. The second kappa shape index (κ2) is 8.70. The van der Waals surface area contributed by atoms with Gasteiger partial charge in [-0.1, -0.05) is 55.8 Å². The Morgan fingerprint density at radius 1 is 0.875 bits per heavy atom. The lowest BCUT2D eigenvalue weighted by Gasteiger charge is -2.27. The van der Waals surface area contributed by atoms with Crippen LogP contribution < -0.4 is 0 Å². The first-order valence-electron chi connectivity index (χ1n) is 10.2. The van der Waals surface area contributed by atoms with Gasteiger partial charge in [0.25, 0.3) is 0 Å². The minimum Gasteiger partial charge on any atom is -0.103 e. The average molecular weight is 323 g/mol. The van der Waals surface area contributed by atoms with Crippen molar-refractivity contribution in [2.24, 2.45) is 17.8 Å². The summed E-state index contributed by atoms with van der Waals surface area (Å²) in [6.45, 7) is 6.29. The van der Waals surface area contributed by atoms with Gasteiger partial charge in [0.15, 0.2) is 0 Å². The molecule has 0 heterocycles. The molecule has 0 atom stereocenters. The molecule has 0 bridgehead atoms. The number of allylic oxidation sites excluding steroid dienone is 2. The topological polar surface area (TPSA) is 0 Å². The smallest absolute Gasteiger partial charge is 0.0162 e. The summed E-state index contributed by atoms with van der Waals surface area (Å²) in [5.74, 6) is 3.32. The first-order chi connectivity index (χ1) is 11.8. The van der Waals surface area contributed by atoms with E-state index in [1.165, 1.54) is 68.9 Å². The van der Waals surface area contributed by atoms with Crippen molar-refractivity contribution in [2.45, 2.75) is 70.6 Å². The fraction of sp³-hybridized carbons (Fsp3) is 0.583. The zero-order valence-electron chi connectivity index (χ0n) is 15.4. The highest BCUT2D eigenvalue weighted by Gasteiger charge is 2.20. The highest BCUT2D eigenvalue weighted by atomic mass is 14.3. The van der Waals surface area contributed by atoms with E-state index in [4.69, 9.17) is 0 Å². The van der Waals surface area contributed by atoms with Gasteiger partial charge in [0, 0.05) is 0 Å². The van der Waals surface area contributed by atoms with Crippen molar-refractivity contribution in [1.82, 2.24) is 0 Å². The van der Waals surface area contributed by atoms with Crippen molar-refractivity contribution < 1.29 is 0 Å². The molecule has 0 radical (unpaired) electrons. The highest BCUT2D eigenvalue weighted by molar-refractivity contribution is 5.50. The number of benzene rings is 1. The van der Waals surface area contributed by atoms with Crippen molar-refractivity contribution in [3.05, 3.63) is 54.1 Å². The van der Waals surface area contributed by atoms with Gasteiger partial charge < -0.3 is 0 Å². The molecule has 130 valence electrons. The van der Waals surface area contributed by atoms with Gasteiger partial charge in [-0.2, -0.15) is 0 Å². The van der Waals surface area contributed by atoms with Gasteiger partial charge in [-0.05, 0) is 86.2 Å². The van der Waals surface area contributed by atoms with Gasteiger partial charge in [0.2, 0.25) is 0 Å². The molecule has 3 rings (SSSR count). The van der Waals surface area contributed by atoms with Gasteiger partial charge in [-0.15, -0.1) is 6.58 Å². The summed E-state index contributed by atoms with van der Waals surface area (Å²) in [7, 11) is 0. The van der Waals surface area contributed by atoms with E-state index in [-0.39, 0.29) is 0 Å². The third-order valence-electron chi connectivity index (χ3n) is 6.54. The molecule has 0 aromatic heterocycles. The van der Waals surface area contributed by atoms with E-state index in [1.807, 2.05) is 0 Å². The average Bonchev–Trinajstić information content (AvgIpc) is 2.67. The fourth-order valence-corrected chi connectivity index (χ4v) is 4.60. The molecular formula is C24H34. The Morgan fingerprint density at radius 3 is 2.08 bits per heavy atom. The molecule has 0 heteroatoms. The van der Waals surface area contributed by atoms with Crippen molar-refractivity contribution in [3.63, 3.8) is 0 Å². The minimum atomic E-state index is 0.756. The Bertz CT molecular complexity index is 520. The van der Waals surface area contributed by atoms with Crippen LogP contribution >= 0.6 is 0 Å². The predicted octanol–water partition coefficient (Wildman–Crippen LogP) is 7.38. The third-order valence-corrected chi connectivity index (χ3v) is 6.54. The molecule has 2 saturated carbocycles. The number of hydrogen-bond acceptors (Lipinski definition) is 0. The van der Waals surface area contributed by atoms with Gasteiger partial charge in [0.1, 0.15) is 0 Å². The maximum atomic E-state index is 3.95. The molecule has 1 aromatic rings. The Labute approximate surface area is 149 Å². The summed E-state index contributed by atoms with van der Waals surface area (Å²) in [6.07, 6.45) is 19.3. The summed E-state index contributed by atoms with van der Waals surface area (Å²) in [5, 5.41) is 0. The van der Waals surface area contributed by atoms with Gasteiger partial charge in [-0.3, -0.25) is 0 Å². The van der Waals surface area contributed by atoms with Gasteiger partial charge in [0.05, 0.1) is 0 Å². The standard InChI is InChI=1S/C24H34/c1-3-19-5-7-21(8-6-19)9-10-22-13-17-24(18-14-22)23-15-11-20(4-2)12-16-23/h4,9-10,13-14,17-21,23H,2-3,5-8,11-12,15-16H2,1H3. The molecule has 0 aliphatic heterocycles. The van der Waals surface area contributed by atoms with E-state index in [2.05, 4.69) is 56.0 Å². The van der Waals surface area contributed by atoms with Crippen LogP contribution in [0.4, 0.5) is 0 Å². The highest BCUT2D eigenvalue weighted by Crippen LogP contribution is 2.36. The predicted molar refractivity (Wildman–Crippen MR) is 106 cm³/mol. The molecule has 24 heavy (non-hydrogen) atoms. The van der Waals surface area contributed by atoms with E-state index >= 15 is 0 Å². The third kappa shape index (κ3) is 4.62. The Kier molecular flexibility index (Phi) is 6.35. The number of hydrogen-bond donors (Lipinski definition) is 0. The largest absolute Gasteiger partial charge is 0.103 e. The molecule has 0 spiro atoms. The monoisotopic (exact) mass is 322 g/mol. The molecule has 2 aliphatic carbocycles. The van der Waals surface area contributed by atoms with Gasteiger partial charge in [-0.25, -0.2) is 0 Å². The summed E-state index contributed by atoms with van der Waals surface area (Å²) >= 11 is 0. The summed E-state index contributed by atoms with van der Waals surface area (Å²) in [4.78, 5) is 0. The summed E-state index contributed by atoms with van der Waals surface area (Å²) in [6, 6.07) is 9.38. The molecule has 1 aromatic carbocycles. The van der Waals surface area contributed by atoms with Gasteiger partial charge >= 0.3 is 0 Å². The van der Waals surface area contributed by atoms with Crippen molar-refractivity contribution in [2.75, 3.05) is 0 Å². The number of rotatable bonds is 5. The molecular weight excluding hydrogens is 288 g/mol. The molecule has 0 nitrogen and oxygen atoms in total. The van der Waals surface area contributed by atoms with Crippen LogP contribution in [0.1, 0.15) is 81.8 Å². The van der Waals surface area contributed by atoms with E-state index in [9.17, 15) is 0 Å². The van der Waals surface area contributed by atoms with Crippen molar-refractivity contribution >= 4 is 6.08 Å². The molecule has 2 fully saturated rings. The normalized spacial score (nSPS) is 31.2. The Morgan fingerprint density at radius 2 is 1.50 bits per heavy atom. The quantitative estimate of drug-likeness (QED) is 0.496. The van der Waals surface area contributed by atoms with Crippen LogP contribution in [0, 0.1) is 17.8 Å². The van der Waals surface area contributed by atoms with Crippen LogP contribution in [0.2, 0.25) is 0 Å². The van der Waals surface area contributed by atoms with Crippen LogP contribution in [-0.4, -0.2) is 0 Å². The SMILES string of the molecule is C=CC1CCC(c2ccc(C=CC3CCC(CC)CC3)cc2)CC1. The lowest BCUT2D eigenvalue weighted by Crippen LogP contribution is -2.12. The first-order valence-corrected chi connectivity index (χ1v) is 10.2. The lowest BCUT2D eigenvalue weighted by molar-refractivity contribution is 0.304. The maximum absolute atomic E-state index is 3.95. The zero-order chi connectivity index (χ0) is 16.8.